The van der Waals surface area contributed by atoms with Crippen molar-refractivity contribution in [2.75, 3.05) is 38.0 Å². The molecule has 1 aliphatic heterocycles. The van der Waals surface area contributed by atoms with E-state index in [1.54, 1.807) is 25.1 Å². The highest BCUT2D eigenvalue weighted by Gasteiger charge is 2.51. The third kappa shape index (κ3) is 5.66. The molecule has 2 aliphatic rings. The molecular formula is C24H37N3O6S. The number of nitrogens with zero attached hydrogens (tertiary/aromatic N) is 2. The maximum Gasteiger partial charge on any atom is 0.247 e. The molecule has 34 heavy (non-hydrogen) atoms. The second kappa shape index (κ2) is 10.9. The molecule has 0 radical (unpaired) electrons. The normalized spacial score (nSPS) is 23.2. The summed E-state index contributed by atoms with van der Waals surface area (Å²) in [5.74, 6) is -0.0479. The van der Waals surface area contributed by atoms with Crippen LogP contribution >= 0.6 is 0 Å². The molecule has 190 valence electrons. The zero-order chi connectivity index (χ0) is 24.9. The van der Waals surface area contributed by atoms with Crippen molar-refractivity contribution in [1.82, 2.24) is 9.62 Å². The van der Waals surface area contributed by atoms with E-state index in [0.717, 1.165) is 42.8 Å². The third-order valence-electron chi connectivity index (χ3n) is 6.82. The highest BCUT2D eigenvalue weighted by molar-refractivity contribution is 7.89. The maximum atomic E-state index is 13.8. The minimum atomic E-state index is -3.68. The van der Waals surface area contributed by atoms with Crippen molar-refractivity contribution in [2.45, 2.75) is 70.4 Å². The number of ether oxygens (including phenoxy) is 2. The smallest absolute Gasteiger partial charge is 0.247 e. The number of carbonyl (C=O) groups excluding carboxylic acids is 2. The van der Waals surface area contributed by atoms with Crippen molar-refractivity contribution >= 4 is 27.5 Å². The second-order valence-electron chi connectivity index (χ2n) is 9.26. The van der Waals surface area contributed by atoms with Gasteiger partial charge in [-0.25, -0.2) is 8.42 Å². The van der Waals surface area contributed by atoms with E-state index in [-0.39, 0.29) is 30.8 Å². The number of rotatable bonds is 7. The summed E-state index contributed by atoms with van der Waals surface area (Å²) < 4.78 is 37.3. The standard InChI is InChI=1S/C24H37N3O6S/c1-5-34(30,31)26-16-22(28)27(19-13-20(32-3)15-21(14-19)33-4)24(2,17-26)23(29)25-18-11-9-7-6-8-10-12-18/h13-15,18H,5-12,16-17H2,1-4H3,(H,25,29)/t24-/m1/s1. The Bertz CT molecular complexity index is 968. The molecule has 1 saturated carbocycles. The SMILES string of the molecule is CCS(=O)(=O)N1CC(=O)N(c2cc(OC)cc(OC)c2)[C@@](C)(C(=O)NC2CCCCCCC2)C1. The van der Waals surface area contributed by atoms with Gasteiger partial charge in [-0.3, -0.25) is 14.5 Å². The number of hydrogen-bond acceptors (Lipinski definition) is 6. The molecule has 0 spiro atoms. The summed E-state index contributed by atoms with van der Waals surface area (Å²) in [5, 5.41) is 3.15. The first-order valence-corrected chi connectivity index (χ1v) is 13.6. The van der Waals surface area contributed by atoms with Crippen LogP contribution in [0.1, 0.15) is 58.8 Å². The van der Waals surface area contributed by atoms with Crippen molar-refractivity contribution in [1.29, 1.82) is 0 Å². The Morgan fingerprint density at radius 2 is 1.62 bits per heavy atom. The van der Waals surface area contributed by atoms with Gasteiger partial charge in [-0.05, 0) is 26.7 Å². The number of carbonyl (C=O) groups is 2. The van der Waals surface area contributed by atoms with Crippen LogP contribution in [0, 0.1) is 0 Å². The van der Waals surface area contributed by atoms with Crippen LogP contribution in [-0.4, -0.2) is 69.2 Å². The van der Waals surface area contributed by atoms with Crippen LogP contribution in [0.15, 0.2) is 18.2 Å². The molecule has 9 nitrogen and oxygen atoms in total. The second-order valence-corrected chi connectivity index (χ2v) is 11.5. The van der Waals surface area contributed by atoms with Crippen LogP contribution in [0.4, 0.5) is 5.69 Å². The lowest BCUT2D eigenvalue weighted by Gasteiger charge is -2.47. The summed E-state index contributed by atoms with van der Waals surface area (Å²) in [4.78, 5) is 28.6. The van der Waals surface area contributed by atoms with Gasteiger partial charge in [-0.2, -0.15) is 4.31 Å². The lowest BCUT2D eigenvalue weighted by atomic mass is 9.92. The van der Waals surface area contributed by atoms with Crippen LogP contribution < -0.4 is 19.7 Å². The lowest BCUT2D eigenvalue weighted by Crippen LogP contribution is -2.71. The van der Waals surface area contributed by atoms with E-state index < -0.39 is 21.5 Å². The van der Waals surface area contributed by atoms with E-state index in [4.69, 9.17) is 9.47 Å². The Kier molecular flexibility index (Phi) is 8.46. The Morgan fingerprint density at radius 1 is 1.06 bits per heavy atom. The fourth-order valence-corrected chi connectivity index (χ4v) is 5.93. The van der Waals surface area contributed by atoms with Gasteiger partial charge in [0.15, 0.2) is 0 Å². The third-order valence-corrected chi connectivity index (χ3v) is 8.60. The monoisotopic (exact) mass is 495 g/mol. The molecule has 1 atom stereocenters. The number of piperazine rings is 1. The molecule has 1 N–H and O–H groups in total. The van der Waals surface area contributed by atoms with Crippen LogP contribution in [-0.2, 0) is 19.6 Å². The van der Waals surface area contributed by atoms with Crippen LogP contribution in [0.2, 0.25) is 0 Å². The van der Waals surface area contributed by atoms with E-state index in [1.165, 1.54) is 32.5 Å². The van der Waals surface area contributed by atoms with Gasteiger partial charge in [-0.15, -0.1) is 0 Å². The number of anilines is 1. The van der Waals surface area contributed by atoms with Gasteiger partial charge in [-0.1, -0.05) is 32.1 Å². The molecule has 10 heteroatoms. The topological polar surface area (TPSA) is 105 Å². The first kappa shape index (κ1) is 26.3. The molecule has 1 saturated heterocycles. The van der Waals surface area contributed by atoms with Crippen molar-refractivity contribution in [3.63, 3.8) is 0 Å². The quantitative estimate of drug-likeness (QED) is 0.624. The molecule has 3 rings (SSSR count). The minimum Gasteiger partial charge on any atom is -0.497 e. The predicted octanol–water partition coefficient (Wildman–Crippen LogP) is 2.69. The van der Waals surface area contributed by atoms with Crippen molar-refractivity contribution in [3.8, 4) is 11.5 Å². The van der Waals surface area contributed by atoms with E-state index in [1.807, 2.05) is 0 Å². The minimum absolute atomic E-state index is 0.000388. The number of benzene rings is 1. The van der Waals surface area contributed by atoms with Gasteiger partial charge in [0.25, 0.3) is 0 Å². The van der Waals surface area contributed by atoms with Gasteiger partial charge in [0, 0.05) is 30.8 Å². The van der Waals surface area contributed by atoms with Gasteiger partial charge >= 0.3 is 0 Å². The van der Waals surface area contributed by atoms with E-state index in [9.17, 15) is 18.0 Å². The molecule has 2 amide bonds. The number of hydrogen-bond donors (Lipinski definition) is 1. The number of nitrogens with one attached hydrogen (secondary N) is 1. The first-order valence-electron chi connectivity index (χ1n) is 12.0. The fraction of sp³-hybridized carbons (Fsp3) is 0.667. The molecule has 1 heterocycles. The Balaban J connectivity index is 2.02. The van der Waals surface area contributed by atoms with Crippen LogP contribution in [0.25, 0.3) is 0 Å². The zero-order valence-electron chi connectivity index (χ0n) is 20.6. The fourth-order valence-electron chi connectivity index (χ4n) is 4.81. The average Bonchev–Trinajstić information content (AvgIpc) is 2.79. The molecule has 1 aliphatic carbocycles. The highest BCUT2D eigenvalue weighted by Crippen LogP contribution is 2.36. The van der Waals surface area contributed by atoms with E-state index in [0.29, 0.717) is 17.2 Å². The molecule has 0 aromatic heterocycles. The van der Waals surface area contributed by atoms with Gasteiger partial charge in [0.05, 0.1) is 32.2 Å². The molecule has 0 bridgehead atoms. The molecular weight excluding hydrogens is 458 g/mol. The zero-order valence-corrected chi connectivity index (χ0v) is 21.4. The predicted molar refractivity (Wildman–Crippen MR) is 131 cm³/mol. The van der Waals surface area contributed by atoms with Crippen LogP contribution in [0.3, 0.4) is 0 Å². The molecule has 0 unspecified atom stereocenters. The summed E-state index contributed by atoms with van der Waals surface area (Å²) >= 11 is 0. The Morgan fingerprint density at radius 3 is 2.15 bits per heavy atom. The first-order chi connectivity index (χ1) is 16.1. The van der Waals surface area contributed by atoms with Crippen molar-refractivity contribution in [3.05, 3.63) is 18.2 Å². The number of methoxy groups -OCH3 is 2. The summed E-state index contributed by atoms with van der Waals surface area (Å²) in [6.45, 7) is 2.70. The summed E-state index contributed by atoms with van der Waals surface area (Å²) in [6, 6.07) is 4.99. The van der Waals surface area contributed by atoms with Gasteiger partial charge in [0.2, 0.25) is 21.8 Å². The van der Waals surface area contributed by atoms with E-state index in [2.05, 4.69) is 5.32 Å². The van der Waals surface area contributed by atoms with E-state index >= 15 is 0 Å². The Hall–Kier alpha value is -2.33. The summed E-state index contributed by atoms with van der Waals surface area (Å²) in [7, 11) is -0.664. The van der Waals surface area contributed by atoms with Crippen LogP contribution in [0.5, 0.6) is 11.5 Å². The highest BCUT2D eigenvalue weighted by atomic mass is 32.2. The Labute approximate surface area is 202 Å². The van der Waals surface area contributed by atoms with Crippen molar-refractivity contribution in [2.24, 2.45) is 0 Å². The molecule has 1 aromatic carbocycles. The largest absolute Gasteiger partial charge is 0.497 e. The lowest BCUT2D eigenvalue weighted by molar-refractivity contribution is -0.133. The maximum absolute atomic E-state index is 13.8. The van der Waals surface area contributed by atoms with Gasteiger partial charge in [0.1, 0.15) is 17.0 Å². The number of amides is 2. The number of sulfonamides is 1. The average molecular weight is 496 g/mol. The molecule has 2 fully saturated rings. The summed E-state index contributed by atoms with van der Waals surface area (Å²) in [5.41, 5.74) is -1.03. The summed E-state index contributed by atoms with van der Waals surface area (Å²) in [6.07, 6.45) is 7.31. The molecule has 1 aromatic rings. The van der Waals surface area contributed by atoms with Gasteiger partial charge < -0.3 is 14.8 Å². The van der Waals surface area contributed by atoms with Crippen molar-refractivity contribution < 1.29 is 27.5 Å².